The molecule has 24 heavy (non-hydrogen) atoms. The van der Waals surface area contributed by atoms with Crippen LogP contribution in [0.2, 0.25) is 0 Å². The van der Waals surface area contributed by atoms with Gasteiger partial charge in [-0.15, -0.1) is 0 Å². The van der Waals surface area contributed by atoms with Gasteiger partial charge in [0.1, 0.15) is 5.82 Å². The predicted molar refractivity (Wildman–Crippen MR) is 82.2 cm³/mol. The van der Waals surface area contributed by atoms with Gasteiger partial charge in [-0.2, -0.15) is 13.2 Å². The maximum atomic E-state index is 13.2. The van der Waals surface area contributed by atoms with E-state index in [2.05, 4.69) is 20.3 Å². The Bertz CT molecular complexity index is 723. The Kier molecular flexibility index (Phi) is 4.58. The lowest BCUT2D eigenvalue weighted by molar-refractivity contribution is -0.147. The number of aromatic nitrogens is 4. The quantitative estimate of drug-likeness (QED) is 0.929. The van der Waals surface area contributed by atoms with E-state index < -0.39 is 12.0 Å². The van der Waals surface area contributed by atoms with Crippen LogP contribution in [-0.2, 0) is 25.7 Å². The lowest BCUT2D eigenvalue weighted by Gasteiger charge is -2.18. The molecule has 0 fully saturated rings. The summed E-state index contributed by atoms with van der Waals surface area (Å²) in [6.45, 7) is 4.40. The van der Waals surface area contributed by atoms with Gasteiger partial charge in [-0.3, -0.25) is 0 Å². The van der Waals surface area contributed by atoms with Crippen LogP contribution in [0.4, 0.5) is 13.2 Å². The van der Waals surface area contributed by atoms with Crippen molar-refractivity contribution in [3.63, 3.8) is 0 Å². The lowest BCUT2D eigenvalue weighted by Crippen LogP contribution is -2.21. The highest BCUT2D eigenvalue weighted by molar-refractivity contribution is 5.21. The minimum absolute atomic E-state index is 0.0954. The van der Waals surface area contributed by atoms with Crippen molar-refractivity contribution in [1.82, 2.24) is 24.8 Å². The minimum Gasteiger partial charge on any atom is -0.324 e. The Labute approximate surface area is 138 Å². The van der Waals surface area contributed by atoms with Crippen molar-refractivity contribution in [3.8, 4) is 0 Å². The molecule has 0 radical (unpaired) electrons. The Morgan fingerprint density at radius 1 is 1.29 bits per heavy atom. The van der Waals surface area contributed by atoms with Crippen LogP contribution in [0.25, 0.3) is 0 Å². The zero-order valence-electron chi connectivity index (χ0n) is 13.7. The summed E-state index contributed by atoms with van der Waals surface area (Å²) < 4.78 is 40.9. The van der Waals surface area contributed by atoms with E-state index in [0.29, 0.717) is 30.2 Å². The summed E-state index contributed by atoms with van der Waals surface area (Å²) in [4.78, 5) is 12.3. The molecule has 0 aliphatic carbocycles. The molecule has 0 saturated heterocycles. The molecule has 1 N–H and O–H groups in total. The zero-order valence-corrected chi connectivity index (χ0v) is 13.7. The number of hydrogen-bond donors (Lipinski definition) is 1. The summed E-state index contributed by atoms with van der Waals surface area (Å²) in [7, 11) is 0. The largest absolute Gasteiger partial charge is 0.449 e. The lowest BCUT2D eigenvalue weighted by atomic mass is 10.1. The molecule has 3 heterocycles. The molecule has 1 atom stereocenters. The van der Waals surface area contributed by atoms with Crippen molar-refractivity contribution in [2.45, 2.75) is 58.4 Å². The van der Waals surface area contributed by atoms with Gasteiger partial charge < -0.3 is 9.88 Å². The van der Waals surface area contributed by atoms with Gasteiger partial charge in [0.2, 0.25) is 5.82 Å². The van der Waals surface area contributed by atoms with Crippen LogP contribution in [0.15, 0.2) is 12.3 Å². The average molecular weight is 339 g/mol. The van der Waals surface area contributed by atoms with Crippen LogP contribution < -0.4 is 5.32 Å². The highest BCUT2D eigenvalue weighted by Gasteiger charge is 2.39. The van der Waals surface area contributed by atoms with E-state index >= 15 is 0 Å². The van der Waals surface area contributed by atoms with Gasteiger partial charge in [0.25, 0.3) is 0 Å². The van der Waals surface area contributed by atoms with Crippen LogP contribution in [0.3, 0.4) is 0 Å². The average Bonchev–Trinajstić information content (AvgIpc) is 2.92. The molecule has 3 rings (SSSR count). The molecule has 2 aromatic rings. The molecule has 5 nitrogen and oxygen atoms in total. The van der Waals surface area contributed by atoms with Gasteiger partial charge in [-0.25, -0.2) is 15.0 Å². The molecule has 0 aromatic carbocycles. The highest BCUT2D eigenvalue weighted by atomic mass is 19.4. The van der Waals surface area contributed by atoms with E-state index in [0.717, 1.165) is 18.5 Å². The van der Waals surface area contributed by atoms with Gasteiger partial charge >= 0.3 is 6.18 Å². The van der Waals surface area contributed by atoms with E-state index in [4.69, 9.17) is 0 Å². The number of rotatable bonds is 4. The second kappa shape index (κ2) is 6.51. The standard InChI is InChI=1S/C16H20F3N5/c1-10(12-6-7-20-11(2)22-12)21-9-13-14-5-3-4-8-24(14)15(23-13)16(17,18)19/h6-7,10,21H,3-5,8-9H2,1-2H3. The zero-order chi connectivity index (χ0) is 17.3. The Hall–Kier alpha value is -1.96. The maximum absolute atomic E-state index is 13.2. The minimum atomic E-state index is -4.42. The van der Waals surface area contributed by atoms with Crippen LogP contribution in [0.5, 0.6) is 0 Å². The number of hydrogen-bond acceptors (Lipinski definition) is 4. The third kappa shape index (κ3) is 3.43. The molecule has 0 bridgehead atoms. The Balaban J connectivity index is 1.79. The number of nitrogens with one attached hydrogen (secondary N) is 1. The summed E-state index contributed by atoms with van der Waals surface area (Å²) >= 11 is 0. The molecule has 0 amide bonds. The molecule has 8 heteroatoms. The van der Waals surface area contributed by atoms with Crippen molar-refractivity contribution in [2.24, 2.45) is 0 Å². The Morgan fingerprint density at radius 3 is 2.79 bits per heavy atom. The van der Waals surface area contributed by atoms with E-state index in [1.165, 1.54) is 4.57 Å². The summed E-state index contributed by atoms with van der Waals surface area (Å²) in [5.41, 5.74) is 2.00. The van der Waals surface area contributed by atoms with Gasteiger partial charge in [0.15, 0.2) is 0 Å². The van der Waals surface area contributed by atoms with Crippen molar-refractivity contribution in [1.29, 1.82) is 0 Å². The molecular formula is C16H20F3N5. The van der Waals surface area contributed by atoms with Crippen molar-refractivity contribution in [2.75, 3.05) is 0 Å². The van der Waals surface area contributed by atoms with Crippen LogP contribution in [0.1, 0.15) is 54.5 Å². The number of aryl methyl sites for hydroxylation is 1. The smallest absolute Gasteiger partial charge is 0.324 e. The topological polar surface area (TPSA) is 55.6 Å². The van der Waals surface area contributed by atoms with Gasteiger partial charge in [-0.05, 0) is 39.2 Å². The van der Waals surface area contributed by atoms with E-state index in [1.54, 1.807) is 19.2 Å². The number of fused-ring (bicyclic) bond motifs is 1. The highest BCUT2D eigenvalue weighted by Crippen LogP contribution is 2.33. The van der Waals surface area contributed by atoms with E-state index in [-0.39, 0.29) is 12.6 Å². The van der Waals surface area contributed by atoms with E-state index in [1.807, 2.05) is 6.92 Å². The third-order valence-corrected chi connectivity index (χ3v) is 4.27. The first-order valence-electron chi connectivity index (χ1n) is 8.04. The van der Waals surface area contributed by atoms with Crippen molar-refractivity contribution >= 4 is 0 Å². The number of nitrogens with zero attached hydrogens (tertiary/aromatic N) is 4. The number of alkyl halides is 3. The third-order valence-electron chi connectivity index (χ3n) is 4.27. The monoisotopic (exact) mass is 339 g/mol. The van der Waals surface area contributed by atoms with Gasteiger partial charge in [0.05, 0.1) is 11.4 Å². The molecule has 0 spiro atoms. The number of halogens is 3. The molecule has 0 saturated carbocycles. The van der Waals surface area contributed by atoms with Gasteiger partial charge in [-0.1, -0.05) is 0 Å². The molecule has 1 unspecified atom stereocenters. The first-order valence-corrected chi connectivity index (χ1v) is 8.04. The Morgan fingerprint density at radius 2 is 2.08 bits per heavy atom. The summed E-state index contributed by atoms with van der Waals surface area (Å²) in [5, 5.41) is 3.22. The molecule has 130 valence electrons. The second-order valence-corrected chi connectivity index (χ2v) is 6.07. The first-order chi connectivity index (χ1) is 11.4. The summed E-state index contributed by atoms with van der Waals surface area (Å²) in [5.74, 6) is -0.112. The van der Waals surface area contributed by atoms with Crippen LogP contribution in [-0.4, -0.2) is 19.5 Å². The van der Waals surface area contributed by atoms with Crippen LogP contribution >= 0.6 is 0 Å². The molecule has 1 aliphatic rings. The second-order valence-electron chi connectivity index (χ2n) is 6.07. The number of imidazole rings is 1. The van der Waals surface area contributed by atoms with Crippen molar-refractivity contribution < 1.29 is 13.2 Å². The summed E-state index contributed by atoms with van der Waals surface area (Å²) in [6, 6.07) is 1.70. The molecule has 1 aliphatic heterocycles. The summed E-state index contributed by atoms with van der Waals surface area (Å²) in [6.07, 6.45) is -0.441. The fraction of sp³-hybridized carbons (Fsp3) is 0.562. The normalized spacial score (nSPS) is 16.0. The van der Waals surface area contributed by atoms with Crippen LogP contribution in [0, 0.1) is 6.92 Å². The van der Waals surface area contributed by atoms with E-state index in [9.17, 15) is 13.2 Å². The molecule has 2 aromatic heterocycles. The molecular weight excluding hydrogens is 319 g/mol. The fourth-order valence-corrected chi connectivity index (χ4v) is 3.05. The maximum Gasteiger partial charge on any atom is 0.449 e. The first kappa shape index (κ1) is 16.9. The predicted octanol–water partition coefficient (Wildman–Crippen LogP) is 3.19. The van der Waals surface area contributed by atoms with Gasteiger partial charge in [0, 0.05) is 31.0 Å². The SMILES string of the molecule is Cc1nccc(C(C)NCc2nc(C(F)(F)F)n3c2CCCC3)n1. The van der Waals surface area contributed by atoms with Crippen molar-refractivity contribution in [3.05, 3.63) is 41.0 Å². The fourth-order valence-electron chi connectivity index (χ4n) is 3.05.